The maximum Gasteiger partial charge on any atom is 0.222 e. The molecule has 134 valence electrons. The van der Waals surface area contributed by atoms with Gasteiger partial charge in [-0.05, 0) is 49.7 Å². The van der Waals surface area contributed by atoms with Crippen molar-refractivity contribution in [1.29, 1.82) is 0 Å². The first-order chi connectivity index (χ1) is 12.2. The van der Waals surface area contributed by atoms with Crippen LogP contribution in [0.25, 0.3) is 0 Å². The third-order valence-electron chi connectivity index (χ3n) is 4.90. The van der Waals surface area contributed by atoms with Crippen molar-refractivity contribution in [2.75, 3.05) is 13.1 Å². The minimum Gasteiger partial charge on any atom is -0.342 e. The Morgan fingerprint density at radius 1 is 1.32 bits per heavy atom. The van der Waals surface area contributed by atoms with E-state index < -0.39 is 0 Å². The Morgan fingerprint density at radius 2 is 2.20 bits per heavy atom. The van der Waals surface area contributed by atoms with E-state index in [2.05, 4.69) is 10.1 Å². The monoisotopic (exact) mass is 344 g/mol. The molecule has 1 fully saturated rings. The van der Waals surface area contributed by atoms with Gasteiger partial charge in [-0.15, -0.1) is 0 Å². The van der Waals surface area contributed by atoms with Crippen LogP contribution >= 0.6 is 0 Å². The average Bonchev–Trinajstić information content (AvgIpc) is 3.15. The predicted molar refractivity (Wildman–Crippen MR) is 93.3 cm³/mol. The summed E-state index contributed by atoms with van der Waals surface area (Å²) in [6.07, 6.45) is 8.33. The first-order valence-corrected chi connectivity index (χ1v) is 9.06. The lowest BCUT2D eigenvalue weighted by Crippen LogP contribution is -2.40. The molecule has 1 atom stereocenters. The van der Waals surface area contributed by atoms with Crippen LogP contribution in [0.15, 0.2) is 36.9 Å². The third-order valence-corrected chi connectivity index (χ3v) is 4.90. The molecule has 0 spiro atoms. The van der Waals surface area contributed by atoms with Crippen LogP contribution in [0, 0.1) is 11.7 Å². The molecular formula is C19H25FN4O. The molecule has 2 heterocycles. The normalized spacial score (nSPS) is 17.6. The second-order valence-corrected chi connectivity index (χ2v) is 6.74. The average molecular weight is 344 g/mol. The van der Waals surface area contributed by atoms with E-state index in [9.17, 15) is 9.18 Å². The number of piperidine rings is 1. The second kappa shape index (κ2) is 8.74. The number of likely N-dealkylation sites (tertiary alicyclic amines) is 1. The molecule has 1 aromatic heterocycles. The highest BCUT2D eigenvalue weighted by molar-refractivity contribution is 5.76. The van der Waals surface area contributed by atoms with Crippen molar-refractivity contribution < 1.29 is 9.18 Å². The number of aromatic nitrogens is 3. The van der Waals surface area contributed by atoms with Gasteiger partial charge < -0.3 is 4.90 Å². The highest BCUT2D eigenvalue weighted by Crippen LogP contribution is 2.23. The van der Waals surface area contributed by atoms with Gasteiger partial charge in [0.1, 0.15) is 18.5 Å². The Morgan fingerprint density at radius 3 is 3.00 bits per heavy atom. The summed E-state index contributed by atoms with van der Waals surface area (Å²) in [6.45, 7) is 2.37. The van der Waals surface area contributed by atoms with Crippen LogP contribution in [-0.2, 0) is 17.8 Å². The number of amides is 1. The molecule has 25 heavy (non-hydrogen) atoms. The Kier molecular flexibility index (Phi) is 6.14. The minimum atomic E-state index is -0.126. The van der Waals surface area contributed by atoms with Gasteiger partial charge in [0.15, 0.2) is 0 Å². The fourth-order valence-electron chi connectivity index (χ4n) is 3.49. The van der Waals surface area contributed by atoms with Crippen molar-refractivity contribution in [2.24, 2.45) is 5.92 Å². The van der Waals surface area contributed by atoms with E-state index in [1.165, 1.54) is 12.4 Å². The molecule has 1 saturated heterocycles. The molecule has 1 aromatic carbocycles. The molecule has 6 heteroatoms. The van der Waals surface area contributed by atoms with Crippen molar-refractivity contribution >= 4 is 5.91 Å². The zero-order chi connectivity index (χ0) is 17.5. The Hall–Kier alpha value is -2.24. The molecule has 0 unspecified atom stereocenters. The van der Waals surface area contributed by atoms with Crippen LogP contribution in [0.4, 0.5) is 4.39 Å². The molecule has 2 aromatic rings. The molecule has 1 amide bonds. The highest BCUT2D eigenvalue weighted by atomic mass is 19.1. The zero-order valence-corrected chi connectivity index (χ0v) is 14.5. The SMILES string of the molecule is O=C(CCCn1cncn1)N1CCC[C@H](CCc2ccccc2F)C1. The molecule has 0 bridgehead atoms. The summed E-state index contributed by atoms with van der Waals surface area (Å²) in [5.74, 6) is 0.558. The topological polar surface area (TPSA) is 51.0 Å². The van der Waals surface area contributed by atoms with E-state index in [0.29, 0.717) is 12.3 Å². The van der Waals surface area contributed by atoms with Gasteiger partial charge in [0, 0.05) is 26.1 Å². The van der Waals surface area contributed by atoms with Crippen LogP contribution in [0.5, 0.6) is 0 Å². The van der Waals surface area contributed by atoms with E-state index in [-0.39, 0.29) is 11.7 Å². The number of hydrogen-bond acceptors (Lipinski definition) is 3. The maximum atomic E-state index is 13.7. The molecule has 0 radical (unpaired) electrons. The quantitative estimate of drug-likeness (QED) is 0.776. The number of carbonyl (C=O) groups excluding carboxylic acids is 1. The van der Waals surface area contributed by atoms with Crippen molar-refractivity contribution in [3.05, 3.63) is 48.3 Å². The Balaban J connectivity index is 1.42. The number of nitrogens with zero attached hydrogens (tertiary/aromatic N) is 4. The number of carbonyl (C=O) groups is 1. The number of rotatable bonds is 7. The van der Waals surface area contributed by atoms with Crippen molar-refractivity contribution in [3.63, 3.8) is 0 Å². The molecule has 0 aliphatic carbocycles. The number of benzene rings is 1. The Bertz CT molecular complexity index is 674. The lowest BCUT2D eigenvalue weighted by atomic mass is 9.91. The third kappa shape index (κ3) is 5.11. The van der Waals surface area contributed by atoms with E-state index in [1.807, 2.05) is 17.0 Å². The summed E-state index contributed by atoms with van der Waals surface area (Å²) in [6, 6.07) is 6.97. The summed E-state index contributed by atoms with van der Waals surface area (Å²) < 4.78 is 15.5. The van der Waals surface area contributed by atoms with Gasteiger partial charge in [-0.25, -0.2) is 9.37 Å². The molecule has 1 aliphatic heterocycles. The smallest absolute Gasteiger partial charge is 0.222 e. The van der Waals surface area contributed by atoms with Crippen LogP contribution in [0.2, 0.25) is 0 Å². The largest absolute Gasteiger partial charge is 0.342 e. The van der Waals surface area contributed by atoms with Crippen molar-refractivity contribution in [2.45, 2.75) is 45.1 Å². The van der Waals surface area contributed by atoms with Gasteiger partial charge in [-0.3, -0.25) is 9.48 Å². The second-order valence-electron chi connectivity index (χ2n) is 6.74. The van der Waals surface area contributed by atoms with Crippen LogP contribution in [-0.4, -0.2) is 38.7 Å². The number of aryl methyl sites for hydroxylation is 2. The van der Waals surface area contributed by atoms with Crippen molar-refractivity contribution in [3.8, 4) is 0 Å². The number of halogens is 1. The van der Waals surface area contributed by atoms with Gasteiger partial charge in [0.25, 0.3) is 0 Å². The fraction of sp³-hybridized carbons (Fsp3) is 0.526. The molecule has 5 nitrogen and oxygen atoms in total. The van der Waals surface area contributed by atoms with Crippen LogP contribution < -0.4 is 0 Å². The summed E-state index contributed by atoms with van der Waals surface area (Å²) in [4.78, 5) is 18.3. The summed E-state index contributed by atoms with van der Waals surface area (Å²) >= 11 is 0. The number of hydrogen-bond donors (Lipinski definition) is 0. The molecule has 3 rings (SSSR count). The first-order valence-electron chi connectivity index (χ1n) is 9.06. The minimum absolute atomic E-state index is 0.126. The molecule has 0 N–H and O–H groups in total. The summed E-state index contributed by atoms with van der Waals surface area (Å²) in [5.41, 5.74) is 0.777. The maximum absolute atomic E-state index is 13.7. The Labute approximate surface area is 147 Å². The van der Waals surface area contributed by atoms with E-state index in [0.717, 1.165) is 57.3 Å². The lowest BCUT2D eigenvalue weighted by Gasteiger charge is -2.33. The fourth-order valence-corrected chi connectivity index (χ4v) is 3.49. The molecule has 1 aliphatic rings. The van der Waals surface area contributed by atoms with Gasteiger partial charge in [-0.2, -0.15) is 5.10 Å². The van der Waals surface area contributed by atoms with E-state index >= 15 is 0 Å². The van der Waals surface area contributed by atoms with Crippen LogP contribution in [0.3, 0.4) is 0 Å². The standard InChI is InChI=1S/C19H25FN4O/c20-18-7-2-1-6-17(18)10-9-16-5-3-11-23(13-16)19(25)8-4-12-24-15-21-14-22-24/h1-2,6-7,14-16H,3-5,8-13H2/t16-/m1/s1. The molecule has 0 saturated carbocycles. The predicted octanol–water partition coefficient (Wildman–Crippen LogP) is 3.07. The van der Waals surface area contributed by atoms with Gasteiger partial charge in [-0.1, -0.05) is 18.2 Å². The zero-order valence-electron chi connectivity index (χ0n) is 14.5. The van der Waals surface area contributed by atoms with Gasteiger partial charge in [0.2, 0.25) is 5.91 Å². The highest BCUT2D eigenvalue weighted by Gasteiger charge is 2.23. The van der Waals surface area contributed by atoms with E-state index in [1.54, 1.807) is 17.1 Å². The van der Waals surface area contributed by atoms with Gasteiger partial charge >= 0.3 is 0 Å². The van der Waals surface area contributed by atoms with E-state index in [4.69, 9.17) is 0 Å². The van der Waals surface area contributed by atoms with Crippen molar-refractivity contribution in [1.82, 2.24) is 19.7 Å². The summed E-state index contributed by atoms with van der Waals surface area (Å²) in [7, 11) is 0. The first kappa shape index (κ1) is 17.6. The van der Waals surface area contributed by atoms with Crippen LogP contribution in [0.1, 0.15) is 37.7 Å². The van der Waals surface area contributed by atoms with Gasteiger partial charge in [0.05, 0.1) is 0 Å². The summed E-state index contributed by atoms with van der Waals surface area (Å²) in [5, 5.41) is 4.05. The molecular weight excluding hydrogens is 319 g/mol. The lowest BCUT2D eigenvalue weighted by molar-refractivity contribution is -0.133.